The summed E-state index contributed by atoms with van der Waals surface area (Å²) in [5.74, 6) is 0.906. The first-order valence-electron chi connectivity index (χ1n) is 10.1. The topological polar surface area (TPSA) is 66.2 Å². The number of anilines is 2. The lowest BCUT2D eigenvalue weighted by atomic mass is 10.1. The molecule has 1 fully saturated rings. The van der Waals surface area contributed by atoms with E-state index >= 15 is 0 Å². The fourth-order valence-corrected chi connectivity index (χ4v) is 4.55. The molecule has 4 rings (SSSR count). The van der Waals surface area contributed by atoms with Crippen LogP contribution in [0.15, 0.2) is 48.5 Å². The minimum absolute atomic E-state index is 0.339. The quantitative estimate of drug-likeness (QED) is 0.455. The van der Waals surface area contributed by atoms with Crippen molar-refractivity contribution in [3.8, 4) is 11.8 Å². The average Bonchev–Trinajstić information content (AvgIpc) is 3.42. The summed E-state index contributed by atoms with van der Waals surface area (Å²) in [7, 11) is 0. The van der Waals surface area contributed by atoms with Crippen LogP contribution in [0.1, 0.15) is 52.2 Å². The van der Waals surface area contributed by atoms with Crippen molar-refractivity contribution in [2.24, 2.45) is 0 Å². The van der Waals surface area contributed by atoms with Gasteiger partial charge in [-0.05, 0) is 74.6 Å². The van der Waals surface area contributed by atoms with Crippen LogP contribution in [0, 0.1) is 18.3 Å². The molecule has 3 aromatic rings. The van der Waals surface area contributed by atoms with Crippen molar-refractivity contribution in [3.05, 3.63) is 70.2 Å². The van der Waals surface area contributed by atoms with Crippen molar-refractivity contribution in [2.75, 3.05) is 4.90 Å². The monoisotopic (exact) mass is 417 g/mol. The van der Waals surface area contributed by atoms with Gasteiger partial charge in [-0.15, -0.1) is 11.3 Å². The first-order valence-corrected chi connectivity index (χ1v) is 10.9. The van der Waals surface area contributed by atoms with E-state index in [1.807, 2.05) is 31.2 Å². The third kappa shape index (κ3) is 4.52. The Balaban J connectivity index is 1.58. The number of nitrogens with zero attached hydrogens (tertiary/aromatic N) is 3. The molecule has 0 saturated heterocycles. The van der Waals surface area contributed by atoms with E-state index in [1.54, 1.807) is 12.1 Å². The van der Waals surface area contributed by atoms with E-state index in [1.165, 1.54) is 24.2 Å². The molecule has 5 nitrogen and oxygen atoms in total. The smallest absolute Gasteiger partial charge is 0.191 e. The number of benzene rings is 2. The molecule has 0 radical (unpaired) electrons. The van der Waals surface area contributed by atoms with E-state index < -0.39 is 0 Å². The molecule has 0 amide bonds. The Labute approximate surface area is 180 Å². The number of carbonyl (C=O) groups excluding carboxylic acids is 1. The van der Waals surface area contributed by atoms with Crippen molar-refractivity contribution in [1.29, 1.82) is 5.26 Å². The van der Waals surface area contributed by atoms with E-state index in [0.29, 0.717) is 23.9 Å². The highest BCUT2D eigenvalue weighted by Crippen LogP contribution is 2.33. The van der Waals surface area contributed by atoms with Crippen LogP contribution in [0.5, 0.6) is 5.75 Å². The summed E-state index contributed by atoms with van der Waals surface area (Å²) >= 11 is 1.49. The van der Waals surface area contributed by atoms with Gasteiger partial charge in [0.1, 0.15) is 11.4 Å². The number of thiazole rings is 1. The SMILES string of the molecule is Cc1sc(N(Cc2ccc(OC3CCCC3)cc2)c2ccc(C#N)cc2)nc1C=O. The number of carbonyl (C=O) groups is 1. The largest absolute Gasteiger partial charge is 0.490 e. The lowest BCUT2D eigenvalue weighted by Crippen LogP contribution is -2.16. The fraction of sp³-hybridized carbons (Fsp3) is 0.292. The zero-order valence-electron chi connectivity index (χ0n) is 16.9. The first-order chi connectivity index (χ1) is 14.7. The molecule has 0 aliphatic heterocycles. The van der Waals surface area contributed by atoms with Crippen LogP contribution in [0.3, 0.4) is 0 Å². The summed E-state index contributed by atoms with van der Waals surface area (Å²) in [5, 5.41) is 9.85. The highest BCUT2D eigenvalue weighted by atomic mass is 32.1. The van der Waals surface area contributed by atoms with Crippen LogP contribution in [0.25, 0.3) is 0 Å². The predicted octanol–water partition coefficient (Wildman–Crippen LogP) is 5.80. The lowest BCUT2D eigenvalue weighted by Gasteiger charge is -2.22. The Morgan fingerprint density at radius 1 is 1.17 bits per heavy atom. The van der Waals surface area contributed by atoms with E-state index in [4.69, 9.17) is 10.00 Å². The second-order valence-electron chi connectivity index (χ2n) is 7.47. The van der Waals surface area contributed by atoms with Crippen LogP contribution in [0.4, 0.5) is 10.8 Å². The maximum Gasteiger partial charge on any atom is 0.191 e. The van der Waals surface area contributed by atoms with Crippen LogP contribution in [0.2, 0.25) is 0 Å². The maximum absolute atomic E-state index is 11.3. The number of ether oxygens (including phenoxy) is 1. The maximum atomic E-state index is 11.3. The van der Waals surface area contributed by atoms with E-state index in [0.717, 1.165) is 46.1 Å². The molecule has 0 N–H and O–H groups in total. The van der Waals surface area contributed by atoms with Crippen molar-refractivity contribution >= 4 is 28.4 Å². The van der Waals surface area contributed by atoms with Gasteiger partial charge in [0, 0.05) is 10.6 Å². The fourth-order valence-electron chi connectivity index (χ4n) is 3.66. The standard InChI is InChI=1S/C24H23N3O2S/c1-17-23(16-28)26-24(30-17)27(20-10-6-18(14-25)7-11-20)15-19-8-12-22(13-9-19)29-21-4-2-3-5-21/h6-13,16,21H,2-5,15H2,1H3. The van der Waals surface area contributed by atoms with E-state index in [9.17, 15) is 4.79 Å². The zero-order chi connectivity index (χ0) is 20.9. The Kier molecular flexibility index (Phi) is 6.10. The molecule has 30 heavy (non-hydrogen) atoms. The molecule has 1 aliphatic carbocycles. The average molecular weight is 418 g/mol. The van der Waals surface area contributed by atoms with Gasteiger partial charge < -0.3 is 9.64 Å². The molecule has 6 heteroatoms. The van der Waals surface area contributed by atoms with Crippen LogP contribution in [-0.2, 0) is 6.54 Å². The van der Waals surface area contributed by atoms with Gasteiger partial charge >= 0.3 is 0 Å². The Bertz CT molecular complexity index is 1050. The molecule has 1 heterocycles. The lowest BCUT2D eigenvalue weighted by molar-refractivity contribution is 0.111. The van der Waals surface area contributed by atoms with Gasteiger partial charge in [-0.3, -0.25) is 4.79 Å². The highest BCUT2D eigenvalue weighted by Gasteiger charge is 2.18. The number of aryl methyl sites for hydroxylation is 1. The summed E-state index contributed by atoms with van der Waals surface area (Å²) in [5.41, 5.74) is 3.11. The van der Waals surface area contributed by atoms with Crippen molar-refractivity contribution in [2.45, 2.75) is 45.3 Å². The molecule has 152 valence electrons. The molecular formula is C24H23N3O2S. The van der Waals surface area contributed by atoms with E-state index in [-0.39, 0.29) is 0 Å². The van der Waals surface area contributed by atoms with Crippen molar-refractivity contribution in [1.82, 2.24) is 4.98 Å². The second-order valence-corrected chi connectivity index (χ2v) is 8.65. The van der Waals surface area contributed by atoms with Gasteiger partial charge in [-0.1, -0.05) is 12.1 Å². The zero-order valence-corrected chi connectivity index (χ0v) is 17.7. The van der Waals surface area contributed by atoms with E-state index in [2.05, 4.69) is 28.1 Å². The normalized spacial score (nSPS) is 13.7. The van der Waals surface area contributed by atoms with Gasteiger partial charge in [-0.25, -0.2) is 4.98 Å². The summed E-state index contributed by atoms with van der Waals surface area (Å²) in [6.45, 7) is 2.50. The molecule has 0 spiro atoms. The minimum Gasteiger partial charge on any atom is -0.490 e. The molecule has 1 aromatic heterocycles. The molecule has 1 saturated carbocycles. The molecule has 0 atom stereocenters. The number of hydrogen-bond acceptors (Lipinski definition) is 6. The summed E-state index contributed by atoms with van der Waals surface area (Å²) < 4.78 is 6.07. The second kappa shape index (κ2) is 9.10. The highest BCUT2D eigenvalue weighted by molar-refractivity contribution is 7.15. The number of aromatic nitrogens is 1. The van der Waals surface area contributed by atoms with Gasteiger partial charge in [0.05, 0.1) is 24.3 Å². The number of hydrogen-bond donors (Lipinski definition) is 0. The predicted molar refractivity (Wildman–Crippen MR) is 119 cm³/mol. The molecule has 0 unspecified atom stereocenters. The van der Waals surface area contributed by atoms with Gasteiger partial charge in [-0.2, -0.15) is 5.26 Å². The van der Waals surface area contributed by atoms with Crippen LogP contribution < -0.4 is 9.64 Å². The molecule has 2 aromatic carbocycles. The molecule has 0 bridgehead atoms. The van der Waals surface area contributed by atoms with Crippen molar-refractivity contribution < 1.29 is 9.53 Å². The number of nitriles is 1. The summed E-state index contributed by atoms with van der Waals surface area (Å²) in [6.07, 6.45) is 5.90. The number of aldehydes is 1. The molecular weight excluding hydrogens is 394 g/mol. The van der Waals surface area contributed by atoms with Gasteiger partial charge in [0.2, 0.25) is 0 Å². The first kappa shape index (κ1) is 20.1. The Morgan fingerprint density at radius 3 is 2.47 bits per heavy atom. The van der Waals surface area contributed by atoms with Gasteiger partial charge in [0.15, 0.2) is 11.4 Å². The van der Waals surface area contributed by atoms with Gasteiger partial charge in [0.25, 0.3) is 0 Å². The van der Waals surface area contributed by atoms with Crippen LogP contribution in [-0.4, -0.2) is 17.4 Å². The third-order valence-corrected chi connectivity index (χ3v) is 6.35. The summed E-state index contributed by atoms with van der Waals surface area (Å²) in [4.78, 5) is 18.8. The Morgan fingerprint density at radius 2 is 1.87 bits per heavy atom. The van der Waals surface area contributed by atoms with Crippen molar-refractivity contribution in [3.63, 3.8) is 0 Å². The summed E-state index contributed by atoms with van der Waals surface area (Å²) in [6, 6.07) is 17.7. The third-order valence-electron chi connectivity index (χ3n) is 5.34. The molecule has 1 aliphatic rings. The van der Waals surface area contributed by atoms with Crippen LogP contribution >= 0.6 is 11.3 Å². The number of rotatable bonds is 7. The minimum atomic E-state index is 0.339. The Hall–Kier alpha value is -3.17.